The molecule has 0 unspecified atom stereocenters. The highest BCUT2D eigenvalue weighted by Crippen LogP contribution is 2.33. The second kappa shape index (κ2) is 8.98. The number of aromatic nitrogens is 1. The molecule has 0 spiro atoms. The molecule has 1 N–H and O–H groups in total. The van der Waals surface area contributed by atoms with Crippen LogP contribution in [0.5, 0.6) is 11.5 Å². The maximum atomic E-state index is 5.49. The van der Waals surface area contributed by atoms with Gasteiger partial charge in [0.15, 0.2) is 11.5 Å². The molecule has 6 heteroatoms. The number of hydrogen-bond acceptors (Lipinski definition) is 6. The molecular formula is C20H22N2O2S2. The first-order valence-electron chi connectivity index (χ1n) is 8.27. The first-order chi connectivity index (χ1) is 12.7. The normalized spacial score (nSPS) is 10.7. The third-order valence-corrected chi connectivity index (χ3v) is 5.56. The molecule has 2 heterocycles. The monoisotopic (exact) mass is 386 g/mol. The third kappa shape index (κ3) is 4.33. The SMILES string of the molecule is C=CCc1cc(CNCc2csc(-c3ccsc3)n2)cc(OC)c1OC. The number of methoxy groups -OCH3 is 2. The van der Waals surface area contributed by atoms with Crippen LogP contribution in [-0.4, -0.2) is 19.2 Å². The lowest BCUT2D eigenvalue weighted by Crippen LogP contribution is -2.13. The minimum Gasteiger partial charge on any atom is -0.493 e. The zero-order valence-corrected chi connectivity index (χ0v) is 16.6. The van der Waals surface area contributed by atoms with Crippen molar-refractivity contribution in [3.05, 3.63) is 63.8 Å². The van der Waals surface area contributed by atoms with E-state index in [1.165, 1.54) is 5.56 Å². The zero-order chi connectivity index (χ0) is 18.4. The first-order valence-corrected chi connectivity index (χ1v) is 10.1. The number of allylic oxidation sites excluding steroid dienone is 1. The zero-order valence-electron chi connectivity index (χ0n) is 15.0. The van der Waals surface area contributed by atoms with Crippen molar-refractivity contribution >= 4 is 22.7 Å². The summed E-state index contributed by atoms with van der Waals surface area (Å²) >= 11 is 3.37. The van der Waals surface area contributed by atoms with Crippen molar-refractivity contribution < 1.29 is 9.47 Å². The number of thiazole rings is 1. The van der Waals surface area contributed by atoms with Gasteiger partial charge in [-0.3, -0.25) is 0 Å². The summed E-state index contributed by atoms with van der Waals surface area (Å²) in [7, 11) is 3.32. The van der Waals surface area contributed by atoms with E-state index in [1.807, 2.05) is 12.1 Å². The topological polar surface area (TPSA) is 43.4 Å². The van der Waals surface area contributed by atoms with E-state index in [0.29, 0.717) is 0 Å². The summed E-state index contributed by atoms with van der Waals surface area (Å²) < 4.78 is 11.0. The van der Waals surface area contributed by atoms with Gasteiger partial charge in [-0.05, 0) is 29.5 Å². The molecule has 26 heavy (non-hydrogen) atoms. The minimum atomic E-state index is 0.728. The standard InChI is InChI=1S/C20H22N2O2S2/c1-4-5-15-8-14(9-18(23-2)19(15)24-3)10-21-11-17-13-26-20(22-17)16-6-7-25-12-16/h4,6-9,12-13,21H,1,5,10-11H2,2-3H3. The van der Waals surface area contributed by atoms with Gasteiger partial charge in [-0.1, -0.05) is 12.1 Å². The molecule has 1 aromatic carbocycles. The van der Waals surface area contributed by atoms with Gasteiger partial charge in [-0.2, -0.15) is 11.3 Å². The van der Waals surface area contributed by atoms with Crippen LogP contribution in [0.25, 0.3) is 10.6 Å². The lowest BCUT2D eigenvalue weighted by atomic mass is 10.1. The van der Waals surface area contributed by atoms with E-state index in [1.54, 1.807) is 36.9 Å². The highest BCUT2D eigenvalue weighted by atomic mass is 32.1. The molecule has 0 fully saturated rings. The maximum Gasteiger partial charge on any atom is 0.164 e. The lowest BCUT2D eigenvalue weighted by molar-refractivity contribution is 0.351. The van der Waals surface area contributed by atoms with E-state index >= 15 is 0 Å². The molecule has 0 aliphatic rings. The Bertz CT molecular complexity index is 857. The van der Waals surface area contributed by atoms with Crippen LogP contribution >= 0.6 is 22.7 Å². The van der Waals surface area contributed by atoms with E-state index in [4.69, 9.17) is 14.5 Å². The Morgan fingerprint density at radius 2 is 2.08 bits per heavy atom. The second-order valence-corrected chi connectivity index (χ2v) is 7.38. The van der Waals surface area contributed by atoms with Gasteiger partial charge in [-0.25, -0.2) is 4.98 Å². The van der Waals surface area contributed by atoms with Crippen LogP contribution in [0.4, 0.5) is 0 Å². The Morgan fingerprint density at radius 3 is 2.77 bits per heavy atom. The van der Waals surface area contributed by atoms with E-state index in [2.05, 4.69) is 40.2 Å². The van der Waals surface area contributed by atoms with Crippen molar-refractivity contribution in [3.8, 4) is 22.1 Å². The summed E-state index contributed by atoms with van der Waals surface area (Å²) in [5.74, 6) is 1.52. The van der Waals surface area contributed by atoms with Crippen molar-refractivity contribution in [1.29, 1.82) is 0 Å². The quantitative estimate of drug-likeness (QED) is 0.531. The van der Waals surface area contributed by atoms with Gasteiger partial charge in [0.1, 0.15) is 5.01 Å². The van der Waals surface area contributed by atoms with Crippen molar-refractivity contribution in [2.24, 2.45) is 0 Å². The number of rotatable bonds is 9. The maximum absolute atomic E-state index is 5.49. The first kappa shape index (κ1) is 18.6. The predicted octanol–water partition coefficient (Wildman–Crippen LogP) is 4.91. The van der Waals surface area contributed by atoms with E-state index in [0.717, 1.165) is 52.8 Å². The van der Waals surface area contributed by atoms with Gasteiger partial charge in [0.25, 0.3) is 0 Å². The van der Waals surface area contributed by atoms with Gasteiger partial charge in [-0.15, -0.1) is 17.9 Å². The number of ether oxygens (including phenoxy) is 2. The van der Waals surface area contributed by atoms with Crippen LogP contribution in [-0.2, 0) is 19.5 Å². The number of nitrogens with zero attached hydrogens (tertiary/aromatic N) is 1. The van der Waals surface area contributed by atoms with Gasteiger partial charge >= 0.3 is 0 Å². The molecule has 0 saturated heterocycles. The number of hydrogen-bond donors (Lipinski definition) is 1. The summed E-state index contributed by atoms with van der Waals surface area (Å²) in [6.45, 7) is 5.28. The van der Waals surface area contributed by atoms with Crippen LogP contribution in [0.15, 0.2) is 47.0 Å². The Morgan fingerprint density at radius 1 is 1.19 bits per heavy atom. The molecule has 0 atom stereocenters. The Labute approximate surface area is 162 Å². The van der Waals surface area contributed by atoms with Gasteiger partial charge in [0, 0.05) is 35.0 Å². The van der Waals surface area contributed by atoms with E-state index < -0.39 is 0 Å². The van der Waals surface area contributed by atoms with Crippen LogP contribution in [0.3, 0.4) is 0 Å². The minimum absolute atomic E-state index is 0.728. The van der Waals surface area contributed by atoms with Gasteiger partial charge in [0.2, 0.25) is 0 Å². The Kier molecular flexibility index (Phi) is 6.44. The molecule has 0 saturated carbocycles. The van der Waals surface area contributed by atoms with Crippen LogP contribution in [0.2, 0.25) is 0 Å². The molecule has 2 aromatic heterocycles. The number of benzene rings is 1. The molecule has 0 aliphatic heterocycles. The molecule has 4 nitrogen and oxygen atoms in total. The van der Waals surface area contributed by atoms with E-state index in [-0.39, 0.29) is 0 Å². The number of thiophene rings is 1. The van der Waals surface area contributed by atoms with Crippen LogP contribution in [0.1, 0.15) is 16.8 Å². The number of nitrogens with one attached hydrogen (secondary N) is 1. The largest absolute Gasteiger partial charge is 0.493 e. The fourth-order valence-electron chi connectivity index (χ4n) is 2.76. The van der Waals surface area contributed by atoms with Crippen molar-refractivity contribution in [2.75, 3.05) is 14.2 Å². The molecule has 136 valence electrons. The predicted molar refractivity (Wildman–Crippen MR) is 109 cm³/mol. The summed E-state index contributed by atoms with van der Waals surface area (Å²) in [5.41, 5.74) is 4.48. The van der Waals surface area contributed by atoms with Crippen LogP contribution in [0, 0.1) is 0 Å². The second-order valence-electron chi connectivity index (χ2n) is 5.74. The third-order valence-electron chi connectivity index (χ3n) is 3.93. The average Bonchev–Trinajstić information content (AvgIpc) is 3.33. The van der Waals surface area contributed by atoms with Gasteiger partial charge < -0.3 is 14.8 Å². The molecule has 0 bridgehead atoms. The highest BCUT2D eigenvalue weighted by molar-refractivity contribution is 7.14. The molecule has 0 amide bonds. The van der Waals surface area contributed by atoms with Crippen molar-refractivity contribution in [1.82, 2.24) is 10.3 Å². The molecule has 3 rings (SSSR count). The summed E-state index contributed by atoms with van der Waals surface area (Å²) in [5, 5.41) is 10.8. The van der Waals surface area contributed by atoms with Crippen molar-refractivity contribution in [3.63, 3.8) is 0 Å². The smallest absolute Gasteiger partial charge is 0.164 e. The molecule has 0 radical (unpaired) electrons. The van der Waals surface area contributed by atoms with Gasteiger partial charge in [0.05, 0.1) is 19.9 Å². The fourth-order valence-corrected chi connectivity index (χ4v) is 4.29. The lowest BCUT2D eigenvalue weighted by Gasteiger charge is -2.14. The summed E-state index contributed by atoms with van der Waals surface area (Å²) in [4.78, 5) is 4.70. The molecular weight excluding hydrogens is 364 g/mol. The Balaban J connectivity index is 1.66. The summed E-state index contributed by atoms with van der Waals surface area (Å²) in [6.07, 6.45) is 2.61. The fraction of sp³-hybridized carbons (Fsp3) is 0.250. The molecule has 0 aliphatic carbocycles. The summed E-state index contributed by atoms with van der Waals surface area (Å²) in [6, 6.07) is 6.25. The molecule has 3 aromatic rings. The van der Waals surface area contributed by atoms with E-state index in [9.17, 15) is 0 Å². The average molecular weight is 387 g/mol. The van der Waals surface area contributed by atoms with Crippen LogP contribution < -0.4 is 14.8 Å². The Hall–Kier alpha value is -2.15. The highest BCUT2D eigenvalue weighted by Gasteiger charge is 2.12. The van der Waals surface area contributed by atoms with Crippen molar-refractivity contribution in [2.45, 2.75) is 19.5 Å².